The lowest BCUT2D eigenvalue weighted by atomic mass is 10.1. The van der Waals surface area contributed by atoms with Crippen molar-refractivity contribution < 1.29 is 10.0 Å². The Balaban J connectivity index is 1.42. The Bertz CT molecular complexity index is 1940. The molecule has 1 atom stereocenters. The molecule has 4 aromatic heterocycles. The fraction of sp³-hybridized carbons (Fsp3) is 0.133. The number of rotatable bonds is 9. The van der Waals surface area contributed by atoms with Gasteiger partial charge in [-0.15, -0.1) is 0 Å². The molecule has 4 heterocycles. The van der Waals surface area contributed by atoms with Gasteiger partial charge in [0.1, 0.15) is 17.0 Å². The minimum Gasteiger partial charge on any atom is -0.380 e. The van der Waals surface area contributed by atoms with Gasteiger partial charge in [0.2, 0.25) is 0 Å². The number of aromatic amines is 1. The quantitative estimate of drug-likeness (QED) is 0.128. The number of carbonyl (C=O) groups excluding carboxylic acids is 1. The van der Waals surface area contributed by atoms with Crippen LogP contribution < -0.4 is 21.7 Å². The molecule has 2 aromatic carbocycles. The van der Waals surface area contributed by atoms with Gasteiger partial charge in [0.15, 0.2) is 5.82 Å². The van der Waals surface area contributed by atoms with E-state index in [2.05, 4.69) is 30.6 Å². The topological polar surface area (TPSA) is 163 Å². The molecule has 6 aromatic rings. The number of amides is 1. The van der Waals surface area contributed by atoms with E-state index in [1.165, 1.54) is 12.3 Å². The van der Waals surface area contributed by atoms with Gasteiger partial charge in [-0.25, -0.2) is 20.4 Å². The summed E-state index contributed by atoms with van der Waals surface area (Å²) in [6.07, 6.45) is 5.49. The highest BCUT2D eigenvalue weighted by molar-refractivity contribution is 5.92. The average Bonchev–Trinajstić information content (AvgIpc) is 3.52. The van der Waals surface area contributed by atoms with E-state index in [0.717, 1.165) is 11.1 Å². The minimum absolute atomic E-state index is 0.0895. The second-order valence-electron chi connectivity index (χ2n) is 9.56. The van der Waals surface area contributed by atoms with Crippen LogP contribution in [-0.2, 0) is 6.54 Å². The predicted molar refractivity (Wildman–Crippen MR) is 159 cm³/mol. The Morgan fingerprint density at radius 1 is 1.02 bits per heavy atom. The number of aromatic nitrogens is 6. The molecule has 0 aliphatic rings. The number of nitrogens with one attached hydrogen (secondary N) is 4. The van der Waals surface area contributed by atoms with Crippen molar-refractivity contribution >= 4 is 39.3 Å². The van der Waals surface area contributed by atoms with Crippen LogP contribution >= 0.6 is 0 Å². The van der Waals surface area contributed by atoms with Crippen LogP contribution in [-0.4, -0.2) is 40.6 Å². The van der Waals surface area contributed by atoms with Gasteiger partial charge in [-0.2, -0.15) is 0 Å². The summed E-state index contributed by atoms with van der Waals surface area (Å²) >= 11 is 0. The standard InChI is InChI=1S/C30H27N9O3/c1-2-20(36-27-26-23(13-14-31-27)34-17-35-26)28-37-22-10-6-9-21(25(22)30(41)39(28)19-7-4-3-5-8-19)32-15-18-11-12-24(33-16-18)29(40)38-42/h3-14,16-17,20,32,42H,2,15H2,1H3,(H,31,36)(H,34,35)(H,38,40)/t20-/m0/s1. The maximum Gasteiger partial charge on any atom is 0.293 e. The van der Waals surface area contributed by atoms with Crippen molar-refractivity contribution in [2.24, 2.45) is 0 Å². The molecule has 0 bridgehead atoms. The zero-order valence-electron chi connectivity index (χ0n) is 22.6. The van der Waals surface area contributed by atoms with E-state index in [1.807, 2.05) is 61.5 Å². The molecule has 0 saturated heterocycles. The molecular formula is C30H27N9O3. The SMILES string of the molecule is CC[C@H](Nc1nccc2[nH]cnc12)c1nc2cccc(NCc3ccc(C(=O)NO)nc3)c2c(=O)n1-c1ccccc1. The summed E-state index contributed by atoms with van der Waals surface area (Å²) in [5.74, 6) is 0.458. The number of H-pyrrole nitrogens is 1. The van der Waals surface area contributed by atoms with Crippen LogP contribution in [0.4, 0.5) is 11.5 Å². The third-order valence-corrected chi connectivity index (χ3v) is 6.95. The van der Waals surface area contributed by atoms with Crippen LogP contribution in [0.1, 0.15) is 41.3 Å². The van der Waals surface area contributed by atoms with Crippen LogP contribution in [0.5, 0.6) is 0 Å². The Morgan fingerprint density at radius 3 is 2.64 bits per heavy atom. The molecule has 12 heteroatoms. The number of hydroxylamine groups is 1. The van der Waals surface area contributed by atoms with E-state index in [4.69, 9.17) is 10.2 Å². The number of benzene rings is 2. The van der Waals surface area contributed by atoms with Crippen LogP contribution in [0.3, 0.4) is 0 Å². The molecule has 0 fully saturated rings. The van der Waals surface area contributed by atoms with Crippen molar-refractivity contribution in [3.63, 3.8) is 0 Å². The van der Waals surface area contributed by atoms with E-state index in [9.17, 15) is 9.59 Å². The highest BCUT2D eigenvalue weighted by Gasteiger charge is 2.23. The van der Waals surface area contributed by atoms with Crippen molar-refractivity contribution in [2.75, 3.05) is 10.6 Å². The van der Waals surface area contributed by atoms with Gasteiger partial charge in [0.25, 0.3) is 11.5 Å². The van der Waals surface area contributed by atoms with Crippen LogP contribution in [0.2, 0.25) is 0 Å². The Kier molecular flexibility index (Phi) is 7.26. The van der Waals surface area contributed by atoms with Gasteiger partial charge in [0, 0.05) is 24.6 Å². The highest BCUT2D eigenvalue weighted by Crippen LogP contribution is 2.28. The van der Waals surface area contributed by atoms with Crippen LogP contribution in [0.25, 0.3) is 27.6 Å². The Morgan fingerprint density at radius 2 is 1.88 bits per heavy atom. The number of hydrogen-bond donors (Lipinski definition) is 5. The first-order chi connectivity index (χ1) is 20.6. The lowest BCUT2D eigenvalue weighted by molar-refractivity contribution is 0.0700. The van der Waals surface area contributed by atoms with Gasteiger partial charge >= 0.3 is 0 Å². The van der Waals surface area contributed by atoms with Crippen LogP contribution in [0, 0.1) is 0 Å². The summed E-state index contributed by atoms with van der Waals surface area (Å²) in [4.78, 5) is 47.0. The highest BCUT2D eigenvalue weighted by atomic mass is 16.5. The summed E-state index contributed by atoms with van der Waals surface area (Å²) in [6.45, 7) is 2.37. The van der Waals surface area contributed by atoms with E-state index in [1.54, 1.807) is 28.6 Å². The number of anilines is 2. The molecule has 42 heavy (non-hydrogen) atoms. The predicted octanol–water partition coefficient (Wildman–Crippen LogP) is 4.35. The molecule has 0 saturated carbocycles. The van der Waals surface area contributed by atoms with Crippen molar-refractivity contribution in [2.45, 2.75) is 25.9 Å². The second-order valence-corrected chi connectivity index (χ2v) is 9.56. The van der Waals surface area contributed by atoms with Gasteiger partial charge in [-0.1, -0.05) is 37.3 Å². The zero-order valence-corrected chi connectivity index (χ0v) is 22.6. The lowest BCUT2D eigenvalue weighted by Gasteiger charge is -2.23. The van der Waals surface area contributed by atoms with Crippen molar-refractivity contribution in [3.05, 3.63) is 113 Å². The maximum atomic E-state index is 14.3. The second kappa shape index (κ2) is 11.5. The molecule has 0 spiro atoms. The molecule has 5 N–H and O–H groups in total. The average molecular weight is 562 g/mol. The maximum absolute atomic E-state index is 14.3. The number of carbonyl (C=O) groups is 1. The molecule has 0 aliphatic heterocycles. The van der Waals surface area contributed by atoms with Crippen LogP contribution in [0.15, 0.2) is 90.2 Å². The Hall–Kier alpha value is -5.62. The summed E-state index contributed by atoms with van der Waals surface area (Å²) < 4.78 is 1.64. The first-order valence-electron chi connectivity index (χ1n) is 13.4. The minimum atomic E-state index is -0.691. The first kappa shape index (κ1) is 26.6. The number of imidazole rings is 1. The summed E-state index contributed by atoms with van der Waals surface area (Å²) in [6, 6.07) is 19.7. The summed E-state index contributed by atoms with van der Waals surface area (Å²) in [5, 5.41) is 16.1. The number of nitrogens with zero attached hydrogens (tertiary/aromatic N) is 5. The normalized spacial score (nSPS) is 11.9. The van der Waals surface area contributed by atoms with Gasteiger partial charge in [0.05, 0.1) is 34.5 Å². The molecule has 1 amide bonds. The van der Waals surface area contributed by atoms with E-state index in [0.29, 0.717) is 52.4 Å². The fourth-order valence-electron chi connectivity index (χ4n) is 4.86. The third-order valence-electron chi connectivity index (χ3n) is 6.95. The molecule has 210 valence electrons. The third kappa shape index (κ3) is 5.02. The smallest absolute Gasteiger partial charge is 0.293 e. The zero-order chi connectivity index (χ0) is 29.1. The number of pyridine rings is 2. The molecular weight excluding hydrogens is 534 g/mol. The fourth-order valence-corrected chi connectivity index (χ4v) is 4.86. The largest absolute Gasteiger partial charge is 0.380 e. The molecule has 0 unspecified atom stereocenters. The molecule has 6 rings (SSSR count). The van der Waals surface area contributed by atoms with Crippen molar-refractivity contribution in [1.29, 1.82) is 0 Å². The van der Waals surface area contributed by atoms with Gasteiger partial charge < -0.3 is 15.6 Å². The van der Waals surface area contributed by atoms with Crippen molar-refractivity contribution in [1.82, 2.24) is 35.0 Å². The number of fused-ring (bicyclic) bond motifs is 2. The number of para-hydroxylation sites is 1. The summed E-state index contributed by atoms with van der Waals surface area (Å²) in [5.41, 5.74) is 5.63. The lowest BCUT2D eigenvalue weighted by Crippen LogP contribution is -2.28. The number of hydrogen-bond acceptors (Lipinski definition) is 9. The van der Waals surface area contributed by atoms with Crippen molar-refractivity contribution in [3.8, 4) is 5.69 Å². The molecule has 12 nitrogen and oxygen atoms in total. The monoisotopic (exact) mass is 561 g/mol. The Labute approximate surface area is 239 Å². The van der Waals surface area contributed by atoms with Gasteiger partial charge in [-0.05, 0) is 48.4 Å². The van der Waals surface area contributed by atoms with E-state index < -0.39 is 5.91 Å². The summed E-state index contributed by atoms with van der Waals surface area (Å²) in [7, 11) is 0. The van der Waals surface area contributed by atoms with E-state index >= 15 is 0 Å². The van der Waals surface area contributed by atoms with Gasteiger partial charge in [-0.3, -0.25) is 24.3 Å². The molecule has 0 radical (unpaired) electrons. The molecule has 0 aliphatic carbocycles. The van der Waals surface area contributed by atoms with E-state index in [-0.39, 0.29) is 17.3 Å². The first-order valence-corrected chi connectivity index (χ1v) is 13.4.